The lowest BCUT2D eigenvalue weighted by molar-refractivity contribution is -0.222. The third-order valence-electron chi connectivity index (χ3n) is 5.12. The molecule has 7 nitrogen and oxygen atoms in total. The van der Waals surface area contributed by atoms with Crippen LogP contribution in [0.25, 0.3) is 5.69 Å². The van der Waals surface area contributed by atoms with Crippen LogP contribution in [0.4, 0.5) is 23.2 Å². The van der Waals surface area contributed by atoms with E-state index in [9.17, 15) is 27.2 Å². The quantitative estimate of drug-likeness (QED) is 0.327. The van der Waals surface area contributed by atoms with Crippen molar-refractivity contribution in [3.8, 4) is 5.69 Å². The number of nitrogens with one attached hydrogen (secondary N) is 1. The predicted octanol–water partition coefficient (Wildman–Crippen LogP) is 4.04. The van der Waals surface area contributed by atoms with Crippen LogP contribution in [0.3, 0.4) is 0 Å². The number of rotatable bonds is 3. The van der Waals surface area contributed by atoms with Crippen LogP contribution in [0.1, 0.15) is 43.6 Å². The second kappa shape index (κ2) is 7.64. The van der Waals surface area contributed by atoms with E-state index in [0.717, 1.165) is 23.0 Å². The van der Waals surface area contributed by atoms with Gasteiger partial charge in [-0.25, -0.2) is 18.7 Å². The number of hydrogen-bond acceptors (Lipinski definition) is 6. The average molecular weight is 453 g/mol. The van der Waals surface area contributed by atoms with Gasteiger partial charge in [0.2, 0.25) is 0 Å². The summed E-state index contributed by atoms with van der Waals surface area (Å²) >= 11 is 0. The molecule has 4 rings (SSSR count). The van der Waals surface area contributed by atoms with Crippen molar-refractivity contribution < 1.29 is 36.6 Å². The number of alkyl halides is 3. The minimum absolute atomic E-state index is 0.00697. The zero-order valence-corrected chi connectivity index (χ0v) is 17.2. The van der Waals surface area contributed by atoms with E-state index in [2.05, 4.69) is 10.4 Å². The number of hydrogen-bond donors (Lipinski definition) is 1. The van der Waals surface area contributed by atoms with Crippen LogP contribution in [0.15, 0.2) is 30.0 Å². The lowest BCUT2D eigenvalue weighted by Crippen LogP contribution is -2.42. The molecule has 1 aromatic carbocycles. The Kier molecular flexibility index (Phi) is 5.22. The number of cyclic esters (lactones) is 2. The highest BCUT2D eigenvalue weighted by molar-refractivity contribution is 6.15. The van der Waals surface area contributed by atoms with E-state index in [0.29, 0.717) is 25.0 Å². The first kappa shape index (κ1) is 21.8. The Morgan fingerprint density at radius 3 is 2.44 bits per heavy atom. The van der Waals surface area contributed by atoms with E-state index in [4.69, 9.17) is 9.47 Å². The Balaban J connectivity index is 1.76. The van der Waals surface area contributed by atoms with Gasteiger partial charge in [-0.15, -0.1) is 0 Å². The van der Waals surface area contributed by atoms with Crippen LogP contribution >= 0.6 is 0 Å². The molecular formula is C21H19F4N3O4. The Labute approximate surface area is 180 Å². The smallest absolute Gasteiger partial charge is 0.419 e. The topological polar surface area (TPSA) is 82.5 Å². The van der Waals surface area contributed by atoms with Crippen molar-refractivity contribution in [2.24, 2.45) is 0 Å². The molecule has 1 aromatic heterocycles. The number of halogens is 4. The number of carbonyl (C=O) groups is 2. The maximum atomic E-state index is 14.0. The van der Waals surface area contributed by atoms with Crippen LogP contribution in [0, 0.1) is 5.82 Å². The molecule has 0 radical (unpaired) electrons. The first-order valence-corrected chi connectivity index (χ1v) is 9.87. The summed E-state index contributed by atoms with van der Waals surface area (Å²) in [6, 6.07) is 3.39. The molecule has 0 amide bonds. The van der Waals surface area contributed by atoms with Crippen molar-refractivity contribution in [2.45, 2.75) is 51.5 Å². The van der Waals surface area contributed by atoms with Crippen molar-refractivity contribution in [3.05, 3.63) is 52.7 Å². The fourth-order valence-electron chi connectivity index (χ4n) is 3.76. The first-order chi connectivity index (χ1) is 15.0. The van der Waals surface area contributed by atoms with Gasteiger partial charge in [0, 0.05) is 31.3 Å². The summed E-state index contributed by atoms with van der Waals surface area (Å²) in [6.45, 7) is 2.77. The third kappa shape index (κ3) is 4.06. The Bertz CT molecular complexity index is 1110. The van der Waals surface area contributed by atoms with Crippen molar-refractivity contribution in [3.63, 3.8) is 0 Å². The number of esters is 2. The second-order valence-electron chi connectivity index (χ2n) is 7.93. The normalized spacial score (nSPS) is 18.0. The van der Waals surface area contributed by atoms with E-state index in [1.54, 1.807) is 0 Å². The summed E-state index contributed by atoms with van der Waals surface area (Å²) in [5.74, 6) is -4.01. The van der Waals surface area contributed by atoms with Crippen LogP contribution in [-0.4, -0.2) is 27.5 Å². The molecule has 0 unspecified atom stereocenters. The molecule has 0 saturated carbocycles. The largest absolute Gasteiger partial charge is 0.435 e. The second-order valence-corrected chi connectivity index (χ2v) is 7.93. The molecule has 0 bridgehead atoms. The van der Waals surface area contributed by atoms with E-state index >= 15 is 0 Å². The SMILES string of the molecule is CC1(C)OC(=O)C(=CNc2cc(F)ccc2-n2nc(C(F)(F)F)c3c2CCCC3)C(=O)O1. The van der Waals surface area contributed by atoms with Gasteiger partial charge < -0.3 is 14.8 Å². The lowest BCUT2D eigenvalue weighted by atomic mass is 9.95. The van der Waals surface area contributed by atoms with Gasteiger partial charge in [-0.3, -0.25) is 0 Å². The number of anilines is 1. The fourth-order valence-corrected chi connectivity index (χ4v) is 3.76. The van der Waals surface area contributed by atoms with Gasteiger partial charge in [-0.05, 0) is 43.9 Å². The maximum Gasteiger partial charge on any atom is 0.435 e. The van der Waals surface area contributed by atoms with Crippen LogP contribution < -0.4 is 5.32 Å². The number of ether oxygens (including phenoxy) is 2. The van der Waals surface area contributed by atoms with Crippen molar-refractivity contribution in [1.29, 1.82) is 0 Å². The van der Waals surface area contributed by atoms with Crippen molar-refractivity contribution >= 4 is 17.6 Å². The number of carbonyl (C=O) groups excluding carboxylic acids is 2. The summed E-state index contributed by atoms with van der Waals surface area (Å²) in [6.07, 6.45) is -1.74. The summed E-state index contributed by atoms with van der Waals surface area (Å²) in [7, 11) is 0. The molecule has 1 N–H and O–H groups in total. The fraction of sp³-hybridized carbons (Fsp3) is 0.381. The van der Waals surface area contributed by atoms with Crippen molar-refractivity contribution in [2.75, 3.05) is 5.32 Å². The average Bonchev–Trinajstić information content (AvgIpc) is 3.06. The van der Waals surface area contributed by atoms with E-state index in [-0.39, 0.29) is 23.4 Å². The molecule has 2 aromatic rings. The molecule has 0 atom stereocenters. The van der Waals surface area contributed by atoms with Gasteiger partial charge in [-0.2, -0.15) is 18.3 Å². The lowest BCUT2D eigenvalue weighted by Gasteiger charge is -2.29. The van der Waals surface area contributed by atoms with Gasteiger partial charge in [0.15, 0.2) is 11.3 Å². The van der Waals surface area contributed by atoms with Crippen LogP contribution in [0.5, 0.6) is 0 Å². The summed E-state index contributed by atoms with van der Waals surface area (Å²) < 4.78 is 65.7. The third-order valence-corrected chi connectivity index (χ3v) is 5.12. The zero-order chi connectivity index (χ0) is 23.3. The zero-order valence-electron chi connectivity index (χ0n) is 17.2. The standard InChI is InChI=1S/C21H19F4N3O4/c1-20(2)31-18(29)13(19(30)32-20)10-26-14-9-11(22)7-8-16(14)28-15-6-4-3-5-12(15)17(27-28)21(23,24)25/h7-10,26H,3-6H2,1-2H3. The molecule has 1 saturated heterocycles. The first-order valence-electron chi connectivity index (χ1n) is 9.87. The summed E-state index contributed by atoms with van der Waals surface area (Å²) in [5.41, 5.74) is -0.786. The number of benzene rings is 1. The maximum absolute atomic E-state index is 14.0. The Morgan fingerprint density at radius 2 is 1.78 bits per heavy atom. The molecule has 0 spiro atoms. The summed E-state index contributed by atoms with van der Waals surface area (Å²) in [5, 5.41) is 6.41. The molecule has 32 heavy (non-hydrogen) atoms. The molecular weight excluding hydrogens is 434 g/mol. The highest BCUT2D eigenvalue weighted by atomic mass is 19.4. The number of aromatic nitrogens is 2. The highest BCUT2D eigenvalue weighted by Gasteiger charge is 2.40. The summed E-state index contributed by atoms with van der Waals surface area (Å²) in [4.78, 5) is 24.2. The predicted molar refractivity (Wildman–Crippen MR) is 103 cm³/mol. The van der Waals surface area contributed by atoms with Crippen molar-refractivity contribution in [1.82, 2.24) is 9.78 Å². The highest BCUT2D eigenvalue weighted by Crippen LogP contribution is 2.38. The molecule has 170 valence electrons. The monoisotopic (exact) mass is 453 g/mol. The van der Waals surface area contributed by atoms with Crippen LogP contribution in [-0.2, 0) is 38.1 Å². The minimum atomic E-state index is -4.63. The minimum Gasteiger partial charge on any atom is -0.419 e. The van der Waals surface area contributed by atoms with Gasteiger partial charge in [0.1, 0.15) is 5.82 Å². The number of nitrogens with zero attached hydrogens (tertiary/aromatic N) is 2. The van der Waals surface area contributed by atoms with Gasteiger partial charge in [0.25, 0.3) is 5.79 Å². The van der Waals surface area contributed by atoms with E-state index < -0.39 is 41.0 Å². The van der Waals surface area contributed by atoms with E-state index in [1.165, 1.54) is 19.9 Å². The molecule has 1 fully saturated rings. The van der Waals surface area contributed by atoms with Gasteiger partial charge in [0.05, 0.1) is 11.4 Å². The molecule has 2 aliphatic rings. The van der Waals surface area contributed by atoms with Gasteiger partial charge >= 0.3 is 18.1 Å². The Hall–Kier alpha value is -3.37. The molecule has 11 heteroatoms. The van der Waals surface area contributed by atoms with E-state index in [1.807, 2.05) is 0 Å². The van der Waals surface area contributed by atoms with Crippen LogP contribution in [0.2, 0.25) is 0 Å². The molecule has 1 aliphatic carbocycles. The molecule has 2 heterocycles. The van der Waals surface area contributed by atoms with Gasteiger partial charge in [-0.1, -0.05) is 0 Å². The Morgan fingerprint density at radius 1 is 1.12 bits per heavy atom. The molecule has 1 aliphatic heterocycles. The number of fused-ring (bicyclic) bond motifs is 1.